The number of aryl methyl sites for hydroxylation is 1. The van der Waals surface area contributed by atoms with Crippen LogP contribution in [0.4, 0.5) is 0 Å². The second-order valence-electron chi connectivity index (χ2n) is 5.75. The molecule has 90 valence electrons. The summed E-state index contributed by atoms with van der Waals surface area (Å²) in [6.07, 6.45) is 3.72. The molecule has 2 nitrogen and oxygen atoms in total. The van der Waals surface area contributed by atoms with Gasteiger partial charge in [0.25, 0.3) is 0 Å². The highest BCUT2D eigenvalue weighted by Crippen LogP contribution is 2.49. The van der Waals surface area contributed by atoms with Gasteiger partial charge in [-0.05, 0) is 38.1 Å². The molecule has 1 atom stereocenters. The van der Waals surface area contributed by atoms with Gasteiger partial charge in [-0.2, -0.15) is 0 Å². The van der Waals surface area contributed by atoms with Crippen molar-refractivity contribution in [3.8, 4) is 0 Å². The molecule has 0 aliphatic heterocycles. The fraction of sp³-hybridized carbons (Fsp3) is 0.769. The second kappa shape index (κ2) is 4.11. The number of aromatic nitrogens is 1. The lowest BCUT2D eigenvalue weighted by Gasteiger charge is -2.30. The molecule has 1 aromatic heterocycles. The predicted octanol–water partition coefficient (Wildman–Crippen LogP) is 3.47. The van der Waals surface area contributed by atoms with Gasteiger partial charge < -0.3 is 5.32 Å². The van der Waals surface area contributed by atoms with Gasteiger partial charge in [0, 0.05) is 11.1 Å². The SMILES string of the molecule is CCNC1(c2nc(C)cs2)CCC(C)(C)C1. The summed E-state index contributed by atoms with van der Waals surface area (Å²) in [7, 11) is 0. The molecule has 16 heavy (non-hydrogen) atoms. The van der Waals surface area contributed by atoms with E-state index >= 15 is 0 Å². The molecule has 1 aliphatic carbocycles. The molecule has 1 aromatic rings. The molecule has 0 amide bonds. The first-order valence-corrected chi connectivity index (χ1v) is 7.03. The fourth-order valence-electron chi connectivity index (χ4n) is 2.87. The van der Waals surface area contributed by atoms with Crippen LogP contribution in [0.15, 0.2) is 5.38 Å². The van der Waals surface area contributed by atoms with Gasteiger partial charge in [-0.1, -0.05) is 20.8 Å². The Hall–Kier alpha value is -0.410. The van der Waals surface area contributed by atoms with E-state index in [0.717, 1.165) is 12.2 Å². The second-order valence-corrected chi connectivity index (χ2v) is 6.61. The van der Waals surface area contributed by atoms with Crippen molar-refractivity contribution in [2.75, 3.05) is 6.54 Å². The number of thiazole rings is 1. The van der Waals surface area contributed by atoms with Crippen LogP contribution in [-0.4, -0.2) is 11.5 Å². The average Bonchev–Trinajstić information content (AvgIpc) is 2.72. The molecular weight excluding hydrogens is 216 g/mol. The highest BCUT2D eigenvalue weighted by atomic mass is 32.1. The minimum atomic E-state index is 0.150. The van der Waals surface area contributed by atoms with Crippen molar-refractivity contribution in [2.24, 2.45) is 5.41 Å². The van der Waals surface area contributed by atoms with Crippen molar-refractivity contribution in [1.29, 1.82) is 0 Å². The van der Waals surface area contributed by atoms with Crippen LogP contribution in [0.5, 0.6) is 0 Å². The predicted molar refractivity (Wildman–Crippen MR) is 69.8 cm³/mol. The lowest BCUT2D eigenvalue weighted by atomic mass is 9.88. The molecule has 1 saturated carbocycles. The fourth-order valence-corrected chi connectivity index (χ4v) is 3.87. The Bertz CT molecular complexity index is 370. The van der Waals surface area contributed by atoms with E-state index in [1.807, 2.05) is 11.3 Å². The molecular formula is C13H22N2S. The van der Waals surface area contributed by atoms with E-state index in [-0.39, 0.29) is 5.54 Å². The van der Waals surface area contributed by atoms with Gasteiger partial charge >= 0.3 is 0 Å². The minimum absolute atomic E-state index is 0.150. The molecule has 1 unspecified atom stereocenters. The minimum Gasteiger partial charge on any atom is -0.306 e. The Morgan fingerprint density at radius 2 is 2.19 bits per heavy atom. The van der Waals surface area contributed by atoms with E-state index in [2.05, 4.69) is 38.4 Å². The maximum atomic E-state index is 4.71. The van der Waals surface area contributed by atoms with Crippen LogP contribution in [0.3, 0.4) is 0 Å². The van der Waals surface area contributed by atoms with E-state index in [0.29, 0.717) is 5.41 Å². The van der Waals surface area contributed by atoms with E-state index < -0.39 is 0 Å². The first-order valence-electron chi connectivity index (χ1n) is 6.15. The maximum Gasteiger partial charge on any atom is 0.113 e. The summed E-state index contributed by atoms with van der Waals surface area (Å²) in [6, 6.07) is 0. The molecule has 1 fully saturated rings. The van der Waals surface area contributed by atoms with E-state index in [1.165, 1.54) is 24.3 Å². The maximum absolute atomic E-state index is 4.71. The van der Waals surface area contributed by atoms with Crippen LogP contribution in [0.25, 0.3) is 0 Å². The lowest BCUT2D eigenvalue weighted by Crippen LogP contribution is -2.40. The molecule has 0 aromatic carbocycles. The van der Waals surface area contributed by atoms with Gasteiger partial charge in [-0.15, -0.1) is 11.3 Å². The zero-order valence-corrected chi connectivity index (χ0v) is 11.6. The highest BCUT2D eigenvalue weighted by molar-refractivity contribution is 7.09. The number of hydrogen-bond donors (Lipinski definition) is 1. The Labute approximate surface area is 102 Å². The molecule has 0 bridgehead atoms. The van der Waals surface area contributed by atoms with Crippen LogP contribution in [-0.2, 0) is 5.54 Å². The van der Waals surface area contributed by atoms with Gasteiger partial charge in [0.1, 0.15) is 5.01 Å². The molecule has 2 rings (SSSR count). The van der Waals surface area contributed by atoms with Crippen LogP contribution >= 0.6 is 11.3 Å². The van der Waals surface area contributed by atoms with Gasteiger partial charge in [-0.3, -0.25) is 0 Å². The molecule has 3 heteroatoms. The van der Waals surface area contributed by atoms with E-state index in [9.17, 15) is 0 Å². The number of nitrogens with one attached hydrogen (secondary N) is 1. The third-order valence-corrected chi connectivity index (χ3v) is 4.72. The smallest absolute Gasteiger partial charge is 0.113 e. The highest BCUT2D eigenvalue weighted by Gasteiger charge is 2.45. The molecule has 0 spiro atoms. The van der Waals surface area contributed by atoms with Crippen LogP contribution < -0.4 is 5.32 Å². The van der Waals surface area contributed by atoms with Gasteiger partial charge in [0.15, 0.2) is 0 Å². The quantitative estimate of drug-likeness (QED) is 0.872. The van der Waals surface area contributed by atoms with Crippen LogP contribution in [0.2, 0.25) is 0 Å². The molecule has 0 radical (unpaired) electrons. The molecule has 0 saturated heterocycles. The zero-order chi connectivity index (χ0) is 11.8. The Morgan fingerprint density at radius 1 is 1.44 bits per heavy atom. The Morgan fingerprint density at radius 3 is 2.62 bits per heavy atom. The van der Waals surface area contributed by atoms with E-state index in [1.54, 1.807) is 0 Å². The number of nitrogens with zero attached hydrogens (tertiary/aromatic N) is 1. The lowest BCUT2D eigenvalue weighted by molar-refractivity contribution is 0.292. The first kappa shape index (κ1) is 12.1. The number of rotatable bonds is 3. The first-order chi connectivity index (χ1) is 7.47. The largest absolute Gasteiger partial charge is 0.306 e. The third kappa shape index (κ3) is 2.16. The Balaban J connectivity index is 2.30. The van der Waals surface area contributed by atoms with Crippen molar-refractivity contribution < 1.29 is 0 Å². The van der Waals surface area contributed by atoms with Crippen LogP contribution in [0, 0.1) is 12.3 Å². The van der Waals surface area contributed by atoms with Crippen molar-refractivity contribution in [2.45, 2.75) is 52.5 Å². The van der Waals surface area contributed by atoms with E-state index in [4.69, 9.17) is 4.98 Å². The summed E-state index contributed by atoms with van der Waals surface area (Å²) >= 11 is 1.81. The van der Waals surface area contributed by atoms with Crippen molar-refractivity contribution >= 4 is 11.3 Å². The molecule has 1 N–H and O–H groups in total. The van der Waals surface area contributed by atoms with Crippen molar-refractivity contribution in [3.63, 3.8) is 0 Å². The summed E-state index contributed by atoms with van der Waals surface area (Å²) in [4.78, 5) is 4.71. The molecule has 1 heterocycles. The third-order valence-electron chi connectivity index (χ3n) is 3.55. The molecule has 1 aliphatic rings. The summed E-state index contributed by atoms with van der Waals surface area (Å²) in [5.41, 5.74) is 1.75. The van der Waals surface area contributed by atoms with Crippen LogP contribution in [0.1, 0.15) is 50.7 Å². The monoisotopic (exact) mass is 238 g/mol. The van der Waals surface area contributed by atoms with Crippen molar-refractivity contribution in [1.82, 2.24) is 10.3 Å². The summed E-state index contributed by atoms with van der Waals surface area (Å²) in [5, 5.41) is 7.15. The topological polar surface area (TPSA) is 24.9 Å². The normalized spacial score (nSPS) is 28.5. The summed E-state index contributed by atoms with van der Waals surface area (Å²) < 4.78 is 0. The Kier molecular flexibility index (Phi) is 3.10. The number of hydrogen-bond acceptors (Lipinski definition) is 3. The summed E-state index contributed by atoms with van der Waals surface area (Å²) in [5.74, 6) is 0. The standard InChI is InChI=1S/C13H22N2S/c1-5-14-13(7-6-12(3,4)9-13)11-15-10(2)8-16-11/h8,14H,5-7,9H2,1-4H3. The average molecular weight is 238 g/mol. The van der Waals surface area contributed by atoms with Gasteiger partial charge in [0.05, 0.1) is 5.54 Å². The summed E-state index contributed by atoms with van der Waals surface area (Å²) in [6.45, 7) is 10.0. The zero-order valence-electron chi connectivity index (χ0n) is 10.8. The van der Waals surface area contributed by atoms with Gasteiger partial charge in [-0.25, -0.2) is 4.98 Å². The van der Waals surface area contributed by atoms with Gasteiger partial charge in [0.2, 0.25) is 0 Å². The van der Waals surface area contributed by atoms with Crippen molar-refractivity contribution in [3.05, 3.63) is 16.1 Å².